The van der Waals surface area contributed by atoms with Gasteiger partial charge in [-0.3, -0.25) is 0 Å². The molecule has 1 aromatic carbocycles. The lowest BCUT2D eigenvalue weighted by Gasteiger charge is -2.30. The van der Waals surface area contributed by atoms with Gasteiger partial charge in [0.2, 0.25) is 0 Å². The summed E-state index contributed by atoms with van der Waals surface area (Å²) in [7, 11) is 0. The van der Waals surface area contributed by atoms with Crippen LogP contribution in [0.5, 0.6) is 0 Å². The maximum Gasteiger partial charge on any atom is 0.128 e. The molecule has 3 aromatic rings. The van der Waals surface area contributed by atoms with Gasteiger partial charge >= 0.3 is 0 Å². The molecule has 2 aromatic heterocycles. The predicted molar refractivity (Wildman–Crippen MR) is 111 cm³/mol. The summed E-state index contributed by atoms with van der Waals surface area (Å²) >= 11 is 1.62. The van der Waals surface area contributed by atoms with E-state index in [2.05, 4.69) is 16.0 Å². The molecule has 2 saturated heterocycles. The Kier molecular flexibility index (Phi) is 4.62. The number of thiazole rings is 1. The minimum absolute atomic E-state index is 0.423. The fourth-order valence-electron chi connectivity index (χ4n) is 4.02. The molecule has 2 aliphatic rings. The highest BCUT2D eigenvalue weighted by Gasteiger charge is 2.23. The van der Waals surface area contributed by atoms with Crippen LogP contribution >= 0.6 is 11.3 Å². The summed E-state index contributed by atoms with van der Waals surface area (Å²) in [6.07, 6.45) is 2.45. The molecule has 4 heterocycles. The Labute approximate surface area is 166 Å². The average molecular weight is 400 g/mol. The summed E-state index contributed by atoms with van der Waals surface area (Å²) in [5.74, 6) is 0.818. The molecular weight excluding hydrogens is 378 g/mol. The summed E-state index contributed by atoms with van der Waals surface area (Å²) in [5, 5.41) is 0.915. The predicted octanol–water partition coefficient (Wildman–Crippen LogP) is 4.84. The molecule has 0 aliphatic carbocycles. The van der Waals surface area contributed by atoms with Crippen LogP contribution in [0.4, 0.5) is 20.3 Å². The van der Waals surface area contributed by atoms with Crippen LogP contribution in [-0.4, -0.2) is 48.5 Å². The Morgan fingerprint density at radius 3 is 2.57 bits per heavy atom. The van der Waals surface area contributed by atoms with Gasteiger partial charge in [0.05, 0.1) is 16.8 Å². The zero-order valence-corrected chi connectivity index (χ0v) is 16.3. The normalized spacial score (nSPS) is 22.9. The Hall–Kier alpha value is -2.28. The van der Waals surface area contributed by atoms with Crippen LogP contribution in [0.15, 0.2) is 36.5 Å². The molecule has 146 valence electrons. The number of hydrogen-bond acceptors (Lipinski definition) is 5. The van der Waals surface area contributed by atoms with E-state index in [1.165, 1.54) is 0 Å². The molecule has 1 unspecified atom stereocenters. The lowest BCUT2D eigenvalue weighted by molar-refractivity contribution is 0.287. The first-order chi connectivity index (χ1) is 13.7. The zero-order valence-electron chi connectivity index (χ0n) is 15.5. The molecule has 0 saturated carbocycles. The van der Waals surface area contributed by atoms with Gasteiger partial charge in [0.1, 0.15) is 23.2 Å². The number of fused-ring (bicyclic) bond motifs is 1. The highest BCUT2D eigenvalue weighted by atomic mass is 32.1. The van der Waals surface area contributed by atoms with Gasteiger partial charge in [-0.15, -0.1) is 11.3 Å². The van der Waals surface area contributed by atoms with Crippen LogP contribution in [-0.2, 0) is 0 Å². The molecule has 2 fully saturated rings. The maximum absolute atomic E-state index is 13.7. The number of alkyl halides is 2. The van der Waals surface area contributed by atoms with Crippen molar-refractivity contribution in [1.82, 2.24) is 9.97 Å². The molecule has 2 atom stereocenters. The van der Waals surface area contributed by atoms with E-state index in [1.807, 2.05) is 35.4 Å². The molecule has 0 radical (unpaired) electrons. The van der Waals surface area contributed by atoms with Crippen molar-refractivity contribution in [3.63, 3.8) is 0 Å². The summed E-state index contributed by atoms with van der Waals surface area (Å²) < 4.78 is 28.2. The monoisotopic (exact) mass is 400 g/mol. The molecule has 28 heavy (non-hydrogen) atoms. The molecule has 7 heteroatoms. The zero-order chi connectivity index (χ0) is 19.1. The van der Waals surface area contributed by atoms with E-state index in [4.69, 9.17) is 4.98 Å². The SMILES string of the molecule is FC1CCN(c2ccc(-c3nc4ccc(N5CCC[C@@H](F)C5)cc4s3)cn2)C1. The largest absolute Gasteiger partial charge is 0.369 e. The molecule has 0 bridgehead atoms. The van der Waals surface area contributed by atoms with Crippen molar-refractivity contribution in [2.75, 3.05) is 36.0 Å². The lowest BCUT2D eigenvalue weighted by atomic mass is 10.1. The van der Waals surface area contributed by atoms with Gasteiger partial charge in [0.25, 0.3) is 0 Å². The first-order valence-corrected chi connectivity index (χ1v) is 10.6. The van der Waals surface area contributed by atoms with Gasteiger partial charge in [-0.1, -0.05) is 0 Å². The van der Waals surface area contributed by atoms with Crippen molar-refractivity contribution in [3.8, 4) is 10.6 Å². The number of aromatic nitrogens is 2. The van der Waals surface area contributed by atoms with Gasteiger partial charge < -0.3 is 9.80 Å². The van der Waals surface area contributed by atoms with E-state index in [9.17, 15) is 8.78 Å². The topological polar surface area (TPSA) is 32.3 Å². The van der Waals surface area contributed by atoms with Crippen LogP contribution in [0.3, 0.4) is 0 Å². The number of anilines is 2. The number of pyridine rings is 1. The van der Waals surface area contributed by atoms with Gasteiger partial charge in [-0.05, 0) is 49.6 Å². The van der Waals surface area contributed by atoms with Crippen LogP contribution < -0.4 is 9.80 Å². The smallest absolute Gasteiger partial charge is 0.128 e. The van der Waals surface area contributed by atoms with Crippen LogP contribution in [0.25, 0.3) is 20.8 Å². The molecule has 0 spiro atoms. The number of halogens is 2. The summed E-state index contributed by atoms with van der Waals surface area (Å²) in [4.78, 5) is 13.4. The Bertz CT molecular complexity index is 974. The van der Waals surface area contributed by atoms with Crippen LogP contribution in [0.1, 0.15) is 19.3 Å². The highest BCUT2D eigenvalue weighted by Crippen LogP contribution is 2.34. The van der Waals surface area contributed by atoms with Gasteiger partial charge in [0, 0.05) is 37.1 Å². The van der Waals surface area contributed by atoms with E-state index in [1.54, 1.807) is 11.3 Å². The summed E-state index contributed by atoms with van der Waals surface area (Å²) in [6.45, 7) is 2.51. The van der Waals surface area contributed by atoms with Crippen molar-refractivity contribution in [2.45, 2.75) is 31.6 Å². The van der Waals surface area contributed by atoms with Crippen molar-refractivity contribution < 1.29 is 8.78 Å². The first kappa shape index (κ1) is 17.8. The second-order valence-corrected chi connectivity index (χ2v) is 8.62. The Morgan fingerprint density at radius 1 is 0.964 bits per heavy atom. The number of nitrogens with zero attached hydrogens (tertiary/aromatic N) is 4. The van der Waals surface area contributed by atoms with E-state index < -0.39 is 12.3 Å². The molecule has 2 aliphatic heterocycles. The quantitative estimate of drug-likeness (QED) is 0.629. The fourth-order valence-corrected chi connectivity index (χ4v) is 5.01. The van der Waals surface area contributed by atoms with Crippen LogP contribution in [0, 0.1) is 0 Å². The molecule has 0 amide bonds. The number of rotatable bonds is 3. The lowest BCUT2D eigenvalue weighted by Crippen LogP contribution is -2.36. The van der Waals surface area contributed by atoms with Gasteiger partial charge in [-0.25, -0.2) is 18.7 Å². The second-order valence-electron chi connectivity index (χ2n) is 7.59. The van der Waals surface area contributed by atoms with E-state index in [0.717, 1.165) is 45.3 Å². The third-order valence-electron chi connectivity index (χ3n) is 5.55. The second kappa shape index (κ2) is 7.28. The van der Waals surface area contributed by atoms with Gasteiger partial charge in [0.15, 0.2) is 0 Å². The summed E-state index contributed by atoms with van der Waals surface area (Å²) in [6, 6.07) is 10.1. The molecule has 5 rings (SSSR count). The van der Waals surface area contributed by atoms with Crippen molar-refractivity contribution in [3.05, 3.63) is 36.5 Å². The van der Waals surface area contributed by atoms with Crippen molar-refractivity contribution in [1.29, 1.82) is 0 Å². The number of hydrogen-bond donors (Lipinski definition) is 0. The Balaban J connectivity index is 1.39. The van der Waals surface area contributed by atoms with E-state index in [0.29, 0.717) is 32.5 Å². The third-order valence-corrected chi connectivity index (χ3v) is 6.62. The minimum Gasteiger partial charge on any atom is -0.369 e. The molecular formula is C21H22F2N4S. The van der Waals surface area contributed by atoms with E-state index >= 15 is 0 Å². The fraction of sp³-hybridized carbons (Fsp3) is 0.429. The van der Waals surface area contributed by atoms with Crippen molar-refractivity contribution in [2.24, 2.45) is 0 Å². The van der Waals surface area contributed by atoms with Gasteiger partial charge in [-0.2, -0.15) is 0 Å². The molecule has 0 N–H and O–H groups in total. The minimum atomic E-state index is -0.757. The standard InChI is InChI=1S/C21H22F2N4S/c22-15-2-1-8-26(12-15)17-4-5-18-19(10-17)28-21(25-18)14-3-6-20(24-11-14)27-9-7-16(23)13-27/h3-6,10-11,15-16H,1-2,7-9,12-13H2/t15-,16?/m1/s1. The van der Waals surface area contributed by atoms with Crippen molar-refractivity contribution >= 4 is 33.1 Å². The number of benzene rings is 1. The number of piperidine rings is 1. The van der Waals surface area contributed by atoms with E-state index in [-0.39, 0.29) is 0 Å². The Morgan fingerprint density at radius 2 is 1.82 bits per heavy atom. The highest BCUT2D eigenvalue weighted by molar-refractivity contribution is 7.21. The summed E-state index contributed by atoms with van der Waals surface area (Å²) in [5.41, 5.74) is 2.97. The maximum atomic E-state index is 13.7. The first-order valence-electron chi connectivity index (χ1n) is 9.81. The van der Waals surface area contributed by atoms with Crippen LogP contribution in [0.2, 0.25) is 0 Å². The third kappa shape index (κ3) is 3.43. The molecule has 4 nitrogen and oxygen atoms in total. The average Bonchev–Trinajstić information content (AvgIpc) is 3.34.